The SMILES string of the molecule is CCc1nnc(NC2CCSc3ccc(Cl)cc32)s1. The molecule has 1 N–H and O–H groups in total. The van der Waals surface area contributed by atoms with E-state index in [0.717, 1.165) is 33.8 Å². The minimum atomic E-state index is 0.285. The first-order valence-electron chi connectivity index (χ1n) is 6.27. The van der Waals surface area contributed by atoms with Crippen molar-refractivity contribution in [2.75, 3.05) is 11.1 Å². The zero-order chi connectivity index (χ0) is 13.2. The summed E-state index contributed by atoms with van der Waals surface area (Å²) in [4.78, 5) is 1.31. The summed E-state index contributed by atoms with van der Waals surface area (Å²) in [7, 11) is 0. The molecule has 1 aromatic heterocycles. The Morgan fingerprint density at radius 1 is 1.42 bits per heavy atom. The molecule has 0 saturated carbocycles. The summed E-state index contributed by atoms with van der Waals surface area (Å²) < 4.78 is 0. The number of halogens is 1. The van der Waals surface area contributed by atoms with Crippen molar-refractivity contribution in [3.8, 4) is 0 Å². The van der Waals surface area contributed by atoms with E-state index in [2.05, 4.69) is 34.6 Å². The van der Waals surface area contributed by atoms with Crippen LogP contribution in [0.2, 0.25) is 5.02 Å². The van der Waals surface area contributed by atoms with Crippen LogP contribution in [0.4, 0.5) is 5.13 Å². The summed E-state index contributed by atoms with van der Waals surface area (Å²) in [6.07, 6.45) is 2.02. The molecule has 2 aromatic rings. The average Bonchev–Trinajstić information content (AvgIpc) is 2.87. The van der Waals surface area contributed by atoms with Gasteiger partial charge in [0.15, 0.2) is 0 Å². The van der Waals surface area contributed by atoms with Gasteiger partial charge in [-0.2, -0.15) is 0 Å². The molecular formula is C13H14ClN3S2. The van der Waals surface area contributed by atoms with Crippen molar-refractivity contribution in [3.05, 3.63) is 33.8 Å². The molecule has 0 saturated heterocycles. The first-order chi connectivity index (χ1) is 9.26. The van der Waals surface area contributed by atoms with Gasteiger partial charge in [0.1, 0.15) is 5.01 Å². The summed E-state index contributed by atoms with van der Waals surface area (Å²) in [6.45, 7) is 2.09. The van der Waals surface area contributed by atoms with Gasteiger partial charge in [0, 0.05) is 15.7 Å². The predicted octanol–water partition coefficient (Wildman–Crippen LogP) is 4.40. The Morgan fingerprint density at radius 2 is 2.32 bits per heavy atom. The maximum Gasteiger partial charge on any atom is 0.206 e. The summed E-state index contributed by atoms with van der Waals surface area (Å²) in [6, 6.07) is 6.40. The van der Waals surface area contributed by atoms with Gasteiger partial charge in [-0.15, -0.1) is 22.0 Å². The molecule has 3 rings (SSSR count). The monoisotopic (exact) mass is 311 g/mol. The van der Waals surface area contributed by atoms with Crippen LogP contribution in [-0.2, 0) is 6.42 Å². The lowest BCUT2D eigenvalue weighted by molar-refractivity contribution is 0.725. The van der Waals surface area contributed by atoms with Crippen molar-refractivity contribution in [2.24, 2.45) is 0 Å². The van der Waals surface area contributed by atoms with Gasteiger partial charge in [-0.1, -0.05) is 29.9 Å². The Kier molecular flexibility index (Phi) is 3.96. The van der Waals surface area contributed by atoms with E-state index in [0.29, 0.717) is 0 Å². The summed E-state index contributed by atoms with van der Waals surface area (Å²) >= 11 is 9.63. The van der Waals surface area contributed by atoms with Crippen LogP contribution < -0.4 is 5.32 Å². The molecule has 0 spiro atoms. The number of fused-ring (bicyclic) bond motifs is 1. The number of thioether (sulfide) groups is 1. The van der Waals surface area contributed by atoms with Crippen molar-refractivity contribution in [1.82, 2.24) is 10.2 Å². The lowest BCUT2D eigenvalue weighted by atomic mass is 10.0. The summed E-state index contributed by atoms with van der Waals surface area (Å²) in [5.74, 6) is 1.12. The van der Waals surface area contributed by atoms with Gasteiger partial charge in [-0.05, 0) is 36.6 Å². The second kappa shape index (κ2) is 5.69. The highest BCUT2D eigenvalue weighted by atomic mass is 35.5. The normalized spacial score (nSPS) is 18.1. The molecule has 1 unspecified atom stereocenters. The fourth-order valence-electron chi connectivity index (χ4n) is 2.12. The van der Waals surface area contributed by atoms with Crippen LogP contribution in [0.25, 0.3) is 0 Å². The molecule has 1 aromatic carbocycles. The Bertz CT molecular complexity index is 585. The van der Waals surface area contributed by atoms with E-state index in [-0.39, 0.29) is 6.04 Å². The number of aromatic nitrogens is 2. The number of aryl methyl sites for hydroxylation is 1. The van der Waals surface area contributed by atoms with Gasteiger partial charge in [0.25, 0.3) is 0 Å². The molecule has 0 amide bonds. The third-order valence-corrected chi connectivity index (χ3v) is 5.43. The van der Waals surface area contributed by atoms with Gasteiger partial charge in [0.2, 0.25) is 5.13 Å². The number of nitrogens with one attached hydrogen (secondary N) is 1. The second-order valence-corrected chi connectivity index (χ2v) is 7.01. The van der Waals surface area contributed by atoms with Crippen LogP contribution in [-0.4, -0.2) is 16.0 Å². The lowest BCUT2D eigenvalue weighted by Gasteiger charge is -2.25. The average molecular weight is 312 g/mol. The van der Waals surface area contributed by atoms with E-state index in [9.17, 15) is 0 Å². The molecule has 1 aliphatic rings. The van der Waals surface area contributed by atoms with E-state index < -0.39 is 0 Å². The van der Waals surface area contributed by atoms with Crippen LogP contribution in [0, 0.1) is 0 Å². The highest BCUT2D eigenvalue weighted by Gasteiger charge is 2.22. The standard InChI is InChI=1S/C13H14ClN3S2/c1-2-12-16-17-13(19-12)15-10-5-6-18-11-4-3-8(14)7-9(10)11/h3-4,7,10H,2,5-6H2,1H3,(H,15,17). The maximum absolute atomic E-state index is 6.11. The number of hydrogen-bond donors (Lipinski definition) is 1. The fraction of sp³-hybridized carbons (Fsp3) is 0.385. The zero-order valence-corrected chi connectivity index (χ0v) is 12.9. The van der Waals surface area contributed by atoms with Crippen molar-refractivity contribution >= 4 is 39.8 Å². The second-order valence-electron chi connectivity index (χ2n) is 4.37. The quantitative estimate of drug-likeness (QED) is 0.911. The minimum absolute atomic E-state index is 0.285. The Morgan fingerprint density at radius 3 is 3.11 bits per heavy atom. The smallest absolute Gasteiger partial charge is 0.206 e. The molecule has 100 valence electrons. The van der Waals surface area contributed by atoms with Gasteiger partial charge in [-0.25, -0.2) is 0 Å². The minimum Gasteiger partial charge on any atom is -0.353 e. The number of anilines is 1. The Hall–Kier alpha value is -0.780. The molecule has 1 atom stereocenters. The first kappa shape index (κ1) is 13.2. The number of nitrogens with zero attached hydrogens (tertiary/aromatic N) is 2. The summed E-state index contributed by atoms with van der Waals surface area (Å²) in [5.41, 5.74) is 1.27. The van der Waals surface area contributed by atoms with E-state index in [1.54, 1.807) is 11.3 Å². The van der Waals surface area contributed by atoms with Crippen LogP contribution in [0.15, 0.2) is 23.1 Å². The van der Waals surface area contributed by atoms with Gasteiger partial charge < -0.3 is 5.32 Å². The van der Waals surface area contributed by atoms with Crippen LogP contribution in [0.5, 0.6) is 0 Å². The fourth-order valence-corrected chi connectivity index (χ4v) is 4.14. The van der Waals surface area contributed by atoms with Crippen molar-refractivity contribution < 1.29 is 0 Å². The van der Waals surface area contributed by atoms with Crippen LogP contribution in [0.1, 0.15) is 30.0 Å². The van der Waals surface area contributed by atoms with E-state index in [1.165, 1.54) is 10.5 Å². The first-order valence-corrected chi connectivity index (χ1v) is 8.45. The van der Waals surface area contributed by atoms with Crippen molar-refractivity contribution in [2.45, 2.75) is 30.7 Å². The maximum atomic E-state index is 6.11. The van der Waals surface area contributed by atoms with Gasteiger partial charge in [-0.3, -0.25) is 0 Å². The van der Waals surface area contributed by atoms with E-state index in [4.69, 9.17) is 11.6 Å². The van der Waals surface area contributed by atoms with Crippen molar-refractivity contribution in [1.29, 1.82) is 0 Å². The van der Waals surface area contributed by atoms with Crippen molar-refractivity contribution in [3.63, 3.8) is 0 Å². The topological polar surface area (TPSA) is 37.8 Å². The largest absolute Gasteiger partial charge is 0.353 e. The van der Waals surface area contributed by atoms with Gasteiger partial charge >= 0.3 is 0 Å². The molecule has 0 radical (unpaired) electrons. The van der Waals surface area contributed by atoms with Crippen LogP contribution in [0.3, 0.4) is 0 Å². The van der Waals surface area contributed by atoms with E-state index >= 15 is 0 Å². The zero-order valence-electron chi connectivity index (χ0n) is 10.5. The molecular weight excluding hydrogens is 298 g/mol. The third-order valence-electron chi connectivity index (χ3n) is 3.08. The third kappa shape index (κ3) is 2.88. The molecule has 3 nitrogen and oxygen atoms in total. The van der Waals surface area contributed by atoms with Crippen LogP contribution >= 0.6 is 34.7 Å². The van der Waals surface area contributed by atoms with Gasteiger partial charge in [0.05, 0.1) is 6.04 Å². The molecule has 0 aliphatic carbocycles. The number of benzene rings is 1. The Balaban J connectivity index is 1.84. The molecule has 0 fully saturated rings. The predicted molar refractivity (Wildman–Crippen MR) is 82.4 cm³/mol. The molecule has 6 heteroatoms. The highest BCUT2D eigenvalue weighted by Crippen LogP contribution is 2.39. The Labute approximate surface area is 125 Å². The number of rotatable bonds is 3. The molecule has 0 bridgehead atoms. The van der Waals surface area contributed by atoms with E-state index in [1.807, 2.05) is 17.8 Å². The molecule has 2 heterocycles. The lowest BCUT2D eigenvalue weighted by Crippen LogP contribution is -2.16. The highest BCUT2D eigenvalue weighted by molar-refractivity contribution is 7.99. The molecule has 1 aliphatic heterocycles. The molecule has 19 heavy (non-hydrogen) atoms. The summed E-state index contributed by atoms with van der Waals surface area (Å²) in [5, 5.41) is 14.6. The number of hydrogen-bond acceptors (Lipinski definition) is 5.